The number of halogens is 2. The van der Waals surface area contributed by atoms with E-state index in [1.165, 1.54) is 0 Å². The van der Waals surface area contributed by atoms with E-state index in [-0.39, 0.29) is 11.1 Å². The Morgan fingerprint density at radius 3 is 2.55 bits per heavy atom. The molecular formula is C5H2F2N2OS. The van der Waals surface area contributed by atoms with Crippen molar-refractivity contribution in [2.75, 3.05) is 5.94 Å². The monoisotopic (exact) mass is 176 g/mol. The zero-order valence-electron chi connectivity index (χ0n) is 5.17. The summed E-state index contributed by atoms with van der Waals surface area (Å²) < 4.78 is 29.9. The minimum Gasteiger partial charge on any atom is -0.474 e. The van der Waals surface area contributed by atoms with Crippen LogP contribution in [0.25, 0.3) is 0 Å². The lowest BCUT2D eigenvalue weighted by Gasteiger charge is -1.97. The molecule has 2 aliphatic heterocycles. The van der Waals surface area contributed by atoms with Gasteiger partial charge in [0.15, 0.2) is 5.16 Å². The molecule has 0 amide bonds. The summed E-state index contributed by atoms with van der Waals surface area (Å²) in [5, 5.41) is 0.0706. The summed E-state index contributed by atoms with van der Waals surface area (Å²) >= 11 is 1.05. The third-order valence-electron chi connectivity index (χ3n) is 1.15. The fourth-order valence-electron chi connectivity index (χ4n) is 0.704. The standard InChI is InChI=1S/C5H2F2N2OS/c6-3-2-4(7)9-5(8-3)11-1-10-2/h1H2. The van der Waals surface area contributed by atoms with Crippen LogP contribution in [0.3, 0.4) is 0 Å². The van der Waals surface area contributed by atoms with Gasteiger partial charge in [-0.05, 0) is 11.8 Å². The van der Waals surface area contributed by atoms with Gasteiger partial charge < -0.3 is 4.74 Å². The summed E-state index contributed by atoms with van der Waals surface area (Å²) in [6, 6.07) is 0. The molecule has 2 bridgehead atoms. The SMILES string of the molecule is Fc1nc2nc(F)c1OCS2. The van der Waals surface area contributed by atoms with Crippen molar-refractivity contribution in [1.29, 1.82) is 0 Å². The Kier molecular flexibility index (Phi) is 1.42. The summed E-state index contributed by atoms with van der Waals surface area (Å²) in [7, 11) is 0. The lowest BCUT2D eigenvalue weighted by Crippen LogP contribution is -1.97. The quantitative estimate of drug-likeness (QED) is 0.439. The summed E-state index contributed by atoms with van der Waals surface area (Å²) in [4.78, 5) is 6.67. The van der Waals surface area contributed by atoms with Gasteiger partial charge in [-0.15, -0.1) is 0 Å². The number of fused-ring (bicyclic) bond motifs is 4. The van der Waals surface area contributed by atoms with E-state index in [9.17, 15) is 8.78 Å². The molecule has 3 nitrogen and oxygen atoms in total. The summed E-state index contributed by atoms with van der Waals surface area (Å²) in [5.41, 5.74) is 0. The van der Waals surface area contributed by atoms with E-state index >= 15 is 0 Å². The van der Waals surface area contributed by atoms with Gasteiger partial charge in [0, 0.05) is 0 Å². The van der Waals surface area contributed by atoms with Gasteiger partial charge in [0.25, 0.3) is 11.9 Å². The Morgan fingerprint density at radius 2 is 1.91 bits per heavy atom. The van der Waals surface area contributed by atoms with Gasteiger partial charge in [-0.2, -0.15) is 18.7 Å². The van der Waals surface area contributed by atoms with Crippen LogP contribution in [-0.4, -0.2) is 15.9 Å². The second-order valence-electron chi connectivity index (χ2n) is 1.82. The first-order chi connectivity index (χ1) is 5.27. The van der Waals surface area contributed by atoms with E-state index < -0.39 is 17.6 Å². The Morgan fingerprint density at radius 1 is 1.27 bits per heavy atom. The average molecular weight is 176 g/mol. The molecule has 0 spiro atoms. The molecule has 0 aliphatic carbocycles. The first-order valence-electron chi connectivity index (χ1n) is 2.76. The van der Waals surface area contributed by atoms with E-state index in [1.807, 2.05) is 0 Å². The largest absolute Gasteiger partial charge is 0.474 e. The Hall–Kier alpha value is -0.910. The molecule has 0 unspecified atom stereocenters. The van der Waals surface area contributed by atoms with E-state index in [0.717, 1.165) is 11.8 Å². The van der Waals surface area contributed by atoms with Crippen LogP contribution in [0.2, 0.25) is 0 Å². The predicted octanol–water partition coefficient (Wildman–Crippen LogP) is 1.20. The number of nitrogens with zero attached hydrogens (tertiary/aromatic N) is 2. The van der Waals surface area contributed by atoms with Crippen LogP contribution in [0.5, 0.6) is 5.75 Å². The number of hydrogen-bond acceptors (Lipinski definition) is 4. The lowest BCUT2D eigenvalue weighted by atomic mass is 10.6. The van der Waals surface area contributed by atoms with E-state index in [0.29, 0.717) is 0 Å². The molecule has 0 aromatic carbocycles. The van der Waals surface area contributed by atoms with Crippen molar-refractivity contribution in [3.8, 4) is 5.75 Å². The first-order valence-corrected chi connectivity index (χ1v) is 3.74. The molecular weight excluding hydrogens is 174 g/mol. The zero-order valence-corrected chi connectivity index (χ0v) is 5.99. The molecule has 0 N–H and O–H groups in total. The van der Waals surface area contributed by atoms with Crippen LogP contribution in [0.1, 0.15) is 0 Å². The van der Waals surface area contributed by atoms with Crippen LogP contribution < -0.4 is 4.74 Å². The second kappa shape index (κ2) is 2.30. The second-order valence-corrected chi connectivity index (χ2v) is 2.71. The summed E-state index contributed by atoms with van der Waals surface area (Å²) in [5.74, 6) is -2.20. The Labute approximate surface area is 64.8 Å². The normalized spacial score (nSPS) is 14.4. The fraction of sp³-hybridized carbons (Fsp3) is 0.200. The molecule has 0 fully saturated rings. The minimum absolute atomic E-state index is 0.0706. The van der Waals surface area contributed by atoms with Gasteiger partial charge in [0.1, 0.15) is 5.94 Å². The molecule has 0 atom stereocenters. The molecule has 2 aliphatic rings. The highest BCUT2D eigenvalue weighted by Gasteiger charge is 2.20. The van der Waals surface area contributed by atoms with Crippen LogP contribution >= 0.6 is 11.8 Å². The number of ether oxygens (including phenoxy) is 1. The van der Waals surface area contributed by atoms with Gasteiger partial charge in [0.05, 0.1) is 0 Å². The maximum Gasteiger partial charge on any atom is 0.262 e. The maximum atomic E-state index is 12.6. The number of hydrogen-bond donors (Lipinski definition) is 0. The molecule has 3 heterocycles. The van der Waals surface area contributed by atoms with E-state index in [2.05, 4.69) is 14.7 Å². The predicted molar refractivity (Wildman–Crippen MR) is 33.3 cm³/mol. The van der Waals surface area contributed by atoms with Crippen LogP contribution in [0, 0.1) is 11.9 Å². The van der Waals surface area contributed by atoms with Crippen LogP contribution in [-0.2, 0) is 0 Å². The number of aromatic nitrogens is 2. The third-order valence-corrected chi connectivity index (χ3v) is 1.83. The summed E-state index contributed by atoms with van der Waals surface area (Å²) in [6.07, 6.45) is 0. The molecule has 1 aromatic heterocycles. The van der Waals surface area contributed by atoms with Gasteiger partial charge in [0.2, 0.25) is 5.75 Å². The van der Waals surface area contributed by atoms with Gasteiger partial charge in [-0.25, -0.2) is 0 Å². The Bertz CT molecular complexity index is 284. The average Bonchev–Trinajstić information content (AvgIpc) is 2.18. The van der Waals surface area contributed by atoms with Crippen molar-refractivity contribution >= 4 is 11.8 Å². The fourth-order valence-corrected chi connectivity index (χ4v) is 1.28. The topological polar surface area (TPSA) is 35.0 Å². The smallest absolute Gasteiger partial charge is 0.262 e. The Balaban J connectivity index is 2.66. The van der Waals surface area contributed by atoms with Crippen molar-refractivity contribution < 1.29 is 13.5 Å². The zero-order chi connectivity index (χ0) is 7.84. The first kappa shape index (κ1) is 6.78. The minimum atomic E-state index is -0.933. The van der Waals surface area contributed by atoms with Crippen LogP contribution in [0.15, 0.2) is 5.16 Å². The van der Waals surface area contributed by atoms with Crippen molar-refractivity contribution in [3.05, 3.63) is 11.9 Å². The van der Waals surface area contributed by atoms with E-state index in [1.54, 1.807) is 0 Å². The van der Waals surface area contributed by atoms with Crippen molar-refractivity contribution in [3.63, 3.8) is 0 Å². The molecule has 6 heteroatoms. The molecule has 3 rings (SSSR count). The molecule has 0 radical (unpaired) electrons. The van der Waals surface area contributed by atoms with Crippen molar-refractivity contribution in [2.24, 2.45) is 0 Å². The maximum absolute atomic E-state index is 12.6. The highest BCUT2D eigenvalue weighted by Crippen LogP contribution is 2.27. The highest BCUT2D eigenvalue weighted by molar-refractivity contribution is 7.99. The highest BCUT2D eigenvalue weighted by atomic mass is 32.2. The third kappa shape index (κ3) is 1.03. The van der Waals surface area contributed by atoms with Gasteiger partial charge in [-0.1, -0.05) is 0 Å². The van der Waals surface area contributed by atoms with Crippen molar-refractivity contribution in [1.82, 2.24) is 9.97 Å². The lowest BCUT2D eigenvalue weighted by molar-refractivity contribution is 0.330. The molecule has 58 valence electrons. The number of rotatable bonds is 0. The van der Waals surface area contributed by atoms with Gasteiger partial charge in [-0.3, -0.25) is 0 Å². The van der Waals surface area contributed by atoms with Crippen molar-refractivity contribution in [2.45, 2.75) is 5.16 Å². The number of thioether (sulfide) groups is 1. The van der Waals surface area contributed by atoms with Gasteiger partial charge >= 0.3 is 0 Å². The van der Waals surface area contributed by atoms with E-state index in [4.69, 9.17) is 0 Å². The molecule has 0 saturated heterocycles. The molecule has 11 heavy (non-hydrogen) atoms. The van der Waals surface area contributed by atoms with Crippen LogP contribution in [0.4, 0.5) is 8.78 Å². The molecule has 1 aromatic rings. The summed E-state index contributed by atoms with van der Waals surface area (Å²) in [6.45, 7) is 0. The molecule has 0 saturated carbocycles.